The molecule has 6 nitrogen and oxygen atoms in total. The number of nitrogens with one attached hydrogen (secondary N) is 2. The molecule has 0 spiro atoms. The first-order valence-electron chi connectivity index (χ1n) is 8.16. The number of carbonyl (C=O) groups excluding carboxylic acids is 2. The molecule has 0 aliphatic rings. The first kappa shape index (κ1) is 19.2. The lowest BCUT2D eigenvalue weighted by Crippen LogP contribution is -2.24. The number of pyridine rings is 1. The summed E-state index contributed by atoms with van der Waals surface area (Å²) in [7, 11) is 0. The number of imidazole rings is 1. The SMILES string of the molecule is C=CCNC(=O)c1nc(C(=O)Nc2cccc(C(F)(F)F)c2)n2ccccc12. The van der Waals surface area contributed by atoms with Crippen LogP contribution in [0.25, 0.3) is 5.52 Å². The van der Waals surface area contributed by atoms with E-state index in [0.29, 0.717) is 5.52 Å². The van der Waals surface area contributed by atoms with Crippen molar-refractivity contribution >= 4 is 23.0 Å². The number of anilines is 1. The Hall–Kier alpha value is -3.62. The Bertz CT molecular complexity index is 1060. The molecule has 2 heterocycles. The summed E-state index contributed by atoms with van der Waals surface area (Å²) in [6, 6.07) is 9.18. The zero-order valence-electron chi connectivity index (χ0n) is 14.5. The molecule has 0 atom stereocenters. The number of hydrogen-bond donors (Lipinski definition) is 2. The fraction of sp³-hybridized carbons (Fsp3) is 0.105. The summed E-state index contributed by atoms with van der Waals surface area (Å²) >= 11 is 0. The number of alkyl halides is 3. The average molecular weight is 388 g/mol. The van der Waals surface area contributed by atoms with Gasteiger partial charge in [-0.1, -0.05) is 18.2 Å². The molecule has 9 heteroatoms. The van der Waals surface area contributed by atoms with Gasteiger partial charge in [0, 0.05) is 18.4 Å². The number of rotatable bonds is 5. The third-order valence-electron chi connectivity index (χ3n) is 3.82. The smallest absolute Gasteiger partial charge is 0.347 e. The highest BCUT2D eigenvalue weighted by Crippen LogP contribution is 2.30. The van der Waals surface area contributed by atoms with Gasteiger partial charge in [0.05, 0.1) is 11.1 Å². The molecular weight excluding hydrogens is 373 g/mol. The predicted molar refractivity (Wildman–Crippen MR) is 97.1 cm³/mol. The second-order valence-corrected chi connectivity index (χ2v) is 5.77. The van der Waals surface area contributed by atoms with E-state index < -0.39 is 23.6 Å². The summed E-state index contributed by atoms with van der Waals surface area (Å²) in [4.78, 5) is 29.0. The van der Waals surface area contributed by atoms with Crippen LogP contribution in [0.4, 0.5) is 18.9 Å². The van der Waals surface area contributed by atoms with Crippen molar-refractivity contribution in [1.29, 1.82) is 0 Å². The third-order valence-corrected chi connectivity index (χ3v) is 3.82. The molecule has 0 radical (unpaired) electrons. The average Bonchev–Trinajstić information content (AvgIpc) is 3.05. The monoisotopic (exact) mass is 388 g/mol. The lowest BCUT2D eigenvalue weighted by atomic mass is 10.2. The van der Waals surface area contributed by atoms with Crippen LogP contribution in [0.3, 0.4) is 0 Å². The standard InChI is InChI=1S/C19H15F3N4O2/c1-2-9-23-17(27)15-14-8-3-4-10-26(14)16(25-15)18(28)24-13-7-5-6-12(11-13)19(20,21)22/h2-8,10-11H,1,9H2,(H,23,27)(H,24,28). The number of aromatic nitrogens is 2. The Morgan fingerprint density at radius 3 is 2.64 bits per heavy atom. The minimum absolute atomic E-state index is 0.0247. The molecule has 2 N–H and O–H groups in total. The lowest BCUT2D eigenvalue weighted by Gasteiger charge is -2.09. The highest BCUT2D eigenvalue weighted by atomic mass is 19.4. The first-order valence-corrected chi connectivity index (χ1v) is 8.16. The third kappa shape index (κ3) is 3.88. The van der Waals surface area contributed by atoms with Crippen molar-refractivity contribution in [2.45, 2.75) is 6.18 Å². The Morgan fingerprint density at radius 2 is 1.93 bits per heavy atom. The van der Waals surface area contributed by atoms with Gasteiger partial charge in [0.2, 0.25) is 5.82 Å². The molecule has 1 aromatic carbocycles. The second kappa shape index (κ2) is 7.55. The topological polar surface area (TPSA) is 75.5 Å². The van der Waals surface area contributed by atoms with Crippen molar-refractivity contribution in [3.05, 3.63) is 78.4 Å². The molecular formula is C19H15F3N4O2. The lowest BCUT2D eigenvalue weighted by molar-refractivity contribution is -0.137. The summed E-state index contributed by atoms with van der Waals surface area (Å²) in [5.74, 6) is -1.37. The van der Waals surface area contributed by atoms with Gasteiger partial charge in [0.1, 0.15) is 0 Å². The van der Waals surface area contributed by atoms with Crippen LogP contribution in [0.15, 0.2) is 61.3 Å². The van der Waals surface area contributed by atoms with Gasteiger partial charge in [-0.05, 0) is 30.3 Å². The molecule has 0 saturated carbocycles. The zero-order valence-corrected chi connectivity index (χ0v) is 14.5. The fourth-order valence-corrected chi connectivity index (χ4v) is 2.57. The minimum Gasteiger partial charge on any atom is -0.347 e. The van der Waals surface area contributed by atoms with Crippen molar-refractivity contribution in [2.24, 2.45) is 0 Å². The normalized spacial score (nSPS) is 11.2. The minimum atomic E-state index is -4.53. The van der Waals surface area contributed by atoms with Crippen LogP contribution in [-0.2, 0) is 6.18 Å². The molecule has 0 unspecified atom stereocenters. The quantitative estimate of drug-likeness (QED) is 0.657. The van der Waals surface area contributed by atoms with E-state index in [0.717, 1.165) is 12.1 Å². The number of benzene rings is 1. The summed E-state index contributed by atoms with van der Waals surface area (Å²) in [6.45, 7) is 3.73. The molecule has 0 bridgehead atoms. The molecule has 0 aliphatic heterocycles. The number of halogens is 3. The summed E-state index contributed by atoms with van der Waals surface area (Å²) in [5.41, 5.74) is -0.511. The molecule has 3 aromatic rings. The molecule has 2 aromatic heterocycles. The van der Waals surface area contributed by atoms with Crippen molar-refractivity contribution in [3.63, 3.8) is 0 Å². The van der Waals surface area contributed by atoms with Crippen LogP contribution < -0.4 is 10.6 Å². The van der Waals surface area contributed by atoms with E-state index in [9.17, 15) is 22.8 Å². The van der Waals surface area contributed by atoms with Crippen LogP contribution in [-0.4, -0.2) is 27.7 Å². The maximum Gasteiger partial charge on any atom is 0.416 e. The number of nitrogens with zero attached hydrogens (tertiary/aromatic N) is 2. The van der Waals surface area contributed by atoms with Gasteiger partial charge in [-0.15, -0.1) is 6.58 Å². The van der Waals surface area contributed by atoms with Crippen LogP contribution >= 0.6 is 0 Å². The van der Waals surface area contributed by atoms with Crippen LogP contribution in [0.2, 0.25) is 0 Å². The number of fused-ring (bicyclic) bond motifs is 1. The molecule has 0 saturated heterocycles. The zero-order chi connectivity index (χ0) is 20.3. The van der Waals surface area contributed by atoms with E-state index in [4.69, 9.17) is 0 Å². The van der Waals surface area contributed by atoms with Gasteiger partial charge in [-0.2, -0.15) is 13.2 Å². The van der Waals surface area contributed by atoms with E-state index >= 15 is 0 Å². The highest BCUT2D eigenvalue weighted by Gasteiger charge is 2.30. The molecule has 144 valence electrons. The Kier molecular flexibility index (Phi) is 5.16. The number of hydrogen-bond acceptors (Lipinski definition) is 3. The van der Waals surface area contributed by atoms with Gasteiger partial charge >= 0.3 is 6.18 Å². The fourth-order valence-electron chi connectivity index (χ4n) is 2.57. The number of amides is 2. The molecule has 28 heavy (non-hydrogen) atoms. The molecule has 3 rings (SSSR count). The van der Waals surface area contributed by atoms with E-state index in [-0.39, 0.29) is 23.8 Å². The Labute approximate surface area is 157 Å². The van der Waals surface area contributed by atoms with Crippen LogP contribution in [0.5, 0.6) is 0 Å². The van der Waals surface area contributed by atoms with E-state index in [1.54, 1.807) is 18.2 Å². The summed E-state index contributed by atoms with van der Waals surface area (Å²) in [5, 5.41) is 4.97. The predicted octanol–water partition coefficient (Wildman–Crippen LogP) is 3.52. The Morgan fingerprint density at radius 1 is 1.14 bits per heavy atom. The van der Waals surface area contributed by atoms with Gasteiger partial charge < -0.3 is 10.6 Å². The van der Waals surface area contributed by atoms with Gasteiger partial charge in [-0.25, -0.2) is 4.98 Å². The highest BCUT2D eigenvalue weighted by molar-refractivity contribution is 6.06. The molecule has 0 fully saturated rings. The first-order chi connectivity index (χ1) is 13.3. The molecule has 0 aliphatic carbocycles. The summed E-state index contributed by atoms with van der Waals surface area (Å²) in [6.07, 6.45) is -1.50. The van der Waals surface area contributed by atoms with Gasteiger partial charge in [-0.3, -0.25) is 14.0 Å². The Balaban J connectivity index is 1.94. The van der Waals surface area contributed by atoms with E-state index in [1.165, 1.54) is 28.8 Å². The maximum absolute atomic E-state index is 12.8. The van der Waals surface area contributed by atoms with E-state index in [2.05, 4.69) is 22.2 Å². The molecule has 2 amide bonds. The van der Waals surface area contributed by atoms with Gasteiger partial charge in [0.15, 0.2) is 5.69 Å². The maximum atomic E-state index is 12.8. The van der Waals surface area contributed by atoms with Crippen molar-refractivity contribution < 1.29 is 22.8 Å². The van der Waals surface area contributed by atoms with Crippen molar-refractivity contribution in [2.75, 3.05) is 11.9 Å². The number of carbonyl (C=O) groups is 2. The van der Waals surface area contributed by atoms with Gasteiger partial charge in [0.25, 0.3) is 11.8 Å². The van der Waals surface area contributed by atoms with Crippen LogP contribution in [0, 0.1) is 0 Å². The van der Waals surface area contributed by atoms with Crippen molar-refractivity contribution in [1.82, 2.24) is 14.7 Å². The largest absolute Gasteiger partial charge is 0.416 e. The second-order valence-electron chi connectivity index (χ2n) is 5.77. The van der Waals surface area contributed by atoms with Crippen LogP contribution in [0.1, 0.15) is 26.7 Å². The van der Waals surface area contributed by atoms with E-state index in [1.807, 2.05) is 0 Å². The van der Waals surface area contributed by atoms with Crippen molar-refractivity contribution in [3.8, 4) is 0 Å². The summed E-state index contributed by atoms with van der Waals surface area (Å²) < 4.78 is 39.9.